The van der Waals surface area contributed by atoms with Gasteiger partial charge in [-0.25, -0.2) is 19.1 Å². The van der Waals surface area contributed by atoms with E-state index in [9.17, 15) is 62.3 Å². The van der Waals surface area contributed by atoms with Gasteiger partial charge in [0.15, 0.2) is 0 Å². The number of methoxy groups -OCH3 is 2. The van der Waals surface area contributed by atoms with Gasteiger partial charge >= 0.3 is 48.2 Å². The van der Waals surface area contributed by atoms with Gasteiger partial charge < -0.3 is 9.47 Å². The molecule has 166 valence electrons. The smallest absolute Gasteiger partial charge is 0.453 e. The summed E-state index contributed by atoms with van der Waals surface area (Å²) < 4.78 is 165. The molecule has 0 bridgehead atoms. The van der Waals surface area contributed by atoms with Crippen LogP contribution < -0.4 is 0 Å². The van der Waals surface area contributed by atoms with Crippen LogP contribution in [-0.4, -0.2) is 62.4 Å². The first kappa shape index (κ1) is 26.0. The minimum absolute atomic E-state index is 0.0393. The highest BCUT2D eigenvalue weighted by molar-refractivity contribution is 5.78. The number of halogens is 12. The minimum atomic E-state index is -7.18. The number of hydrogen-bond donors (Lipinski definition) is 0. The Morgan fingerprint density at radius 1 is 0.500 bits per heavy atom. The number of carbonyl (C=O) groups is 2. The lowest BCUT2D eigenvalue weighted by molar-refractivity contribution is -0.535. The molecule has 0 aromatic carbocycles. The van der Waals surface area contributed by atoms with Crippen LogP contribution in [-0.2, 0) is 28.5 Å². The number of rotatable bonds is 9. The third-order valence-electron chi connectivity index (χ3n) is 2.47. The number of hydrogen-bond acceptors (Lipinski definition) is 6. The summed E-state index contributed by atoms with van der Waals surface area (Å²) in [6, 6.07) is 0. The van der Waals surface area contributed by atoms with Crippen LogP contribution >= 0.6 is 0 Å². The van der Waals surface area contributed by atoms with Crippen molar-refractivity contribution in [1.29, 1.82) is 0 Å². The van der Waals surface area contributed by atoms with Gasteiger partial charge in [-0.15, -0.1) is 0 Å². The summed E-state index contributed by atoms with van der Waals surface area (Å²) in [5.41, 5.74) is 0. The van der Waals surface area contributed by atoms with Crippen molar-refractivity contribution >= 4 is 11.9 Å². The highest BCUT2D eigenvalue weighted by atomic mass is 19.4. The van der Waals surface area contributed by atoms with Crippen molar-refractivity contribution in [1.82, 2.24) is 0 Å². The van der Waals surface area contributed by atoms with Crippen molar-refractivity contribution < 1.29 is 81.2 Å². The second-order valence-corrected chi connectivity index (χ2v) is 4.40. The molecule has 0 N–H and O–H groups in total. The zero-order valence-electron chi connectivity index (χ0n) is 13.0. The Hall–Kier alpha value is -1.98. The number of ether oxygens (including phenoxy) is 4. The summed E-state index contributed by atoms with van der Waals surface area (Å²) in [5.74, 6) is -19.3. The van der Waals surface area contributed by atoms with E-state index in [0.29, 0.717) is 0 Å². The summed E-state index contributed by atoms with van der Waals surface area (Å²) in [6.07, 6.45) is -28.0. The SMILES string of the molecule is COC(=O)C(F)(F)C(F)(F)OC(F)(F)C(F)(F)OC(F)(F)C(F)(F)C(=O)OC. The van der Waals surface area contributed by atoms with Crippen LogP contribution in [0.2, 0.25) is 0 Å². The standard InChI is InChI=1S/C10H6F12O6/c1-25-3(23)5(11,12)7(15,16)27-9(19,20)10(21,22)28-8(17,18)6(13,14)4(24)26-2/h1-2H3. The van der Waals surface area contributed by atoms with Crippen molar-refractivity contribution in [2.45, 2.75) is 36.3 Å². The average molecular weight is 450 g/mol. The van der Waals surface area contributed by atoms with Crippen molar-refractivity contribution in [3.63, 3.8) is 0 Å². The van der Waals surface area contributed by atoms with E-state index in [0.717, 1.165) is 0 Å². The van der Waals surface area contributed by atoms with Gasteiger partial charge in [-0.2, -0.15) is 52.7 Å². The van der Waals surface area contributed by atoms with E-state index >= 15 is 0 Å². The summed E-state index contributed by atoms with van der Waals surface area (Å²) in [6.45, 7) is 0. The Labute approximate surface area is 145 Å². The Balaban J connectivity index is 5.83. The van der Waals surface area contributed by atoms with Gasteiger partial charge in [-0.05, 0) is 0 Å². The molecule has 0 saturated heterocycles. The molecule has 6 nitrogen and oxygen atoms in total. The fourth-order valence-corrected chi connectivity index (χ4v) is 1.06. The quantitative estimate of drug-likeness (QED) is 0.398. The van der Waals surface area contributed by atoms with Gasteiger partial charge in [0.25, 0.3) is 0 Å². The molecule has 0 aromatic heterocycles. The van der Waals surface area contributed by atoms with Crippen molar-refractivity contribution in [3.05, 3.63) is 0 Å². The molecule has 0 rings (SSSR count). The fraction of sp³-hybridized carbons (Fsp3) is 0.800. The van der Waals surface area contributed by atoms with Gasteiger partial charge in [-0.1, -0.05) is 0 Å². The zero-order chi connectivity index (χ0) is 23.0. The van der Waals surface area contributed by atoms with Crippen LogP contribution in [0.3, 0.4) is 0 Å². The summed E-state index contributed by atoms with van der Waals surface area (Å²) in [5, 5.41) is 0. The minimum Gasteiger partial charge on any atom is -0.464 e. The Bertz CT molecular complexity index is 552. The molecular weight excluding hydrogens is 444 g/mol. The first-order valence-electron chi connectivity index (χ1n) is 5.97. The number of esters is 2. The van der Waals surface area contributed by atoms with E-state index in [1.807, 2.05) is 0 Å². The molecule has 0 aliphatic heterocycles. The maximum absolute atomic E-state index is 13.0. The molecule has 0 radical (unpaired) electrons. The predicted molar refractivity (Wildman–Crippen MR) is 55.9 cm³/mol. The molecule has 0 aromatic rings. The van der Waals surface area contributed by atoms with Crippen molar-refractivity contribution in [2.24, 2.45) is 0 Å². The molecule has 0 aliphatic rings. The van der Waals surface area contributed by atoms with Crippen molar-refractivity contribution in [2.75, 3.05) is 14.2 Å². The highest BCUT2D eigenvalue weighted by Gasteiger charge is 2.77. The van der Waals surface area contributed by atoms with E-state index < -0.39 is 48.2 Å². The molecule has 0 heterocycles. The molecule has 28 heavy (non-hydrogen) atoms. The van der Waals surface area contributed by atoms with E-state index in [4.69, 9.17) is 0 Å². The predicted octanol–water partition coefficient (Wildman–Crippen LogP) is 3.01. The third-order valence-corrected chi connectivity index (χ3v) is 2.47. The first-order valence-corrected chi connectivity index (χ1v) is 5.97. The lowest BCUT2D eigenvalue weighted by Gasteiger charge is -2.33. The summed E-state index contributed by atoms with van der Waals surface area (Å²) in [4.78, 5) is 20.8. The average Bonchev–Trinajstić information content (AvgIpc) is 2.50. The van der Waals surface area contributed by atoms with E-state index in [2.05, 4.69) is 9.47 Å². The lowest BCUT2D eigenvalue weighted by atomic mass is 10.3. The van der Waals surface area contributed by atoms with Gasteiger partial charge in [0.1, 0.15) is 0 Å². The van der Waals surface area contributed by atoms with Crippen LogP contribution in [0.1, 0.15) is 0 Å². The van der Waals surface area contributed by atoms with Crippen LogP contribution in [0, 0.1) is 0 Å². The monoisotopic (exact) mass is 450 g/mol. The normalized spacial score (nSPS) is 14.6. The van der Waals surface area contributed by atoms with Crippen LogP contribution in [0.15, 0.2) is 0 Å². The Morgan fingerprint density at radius 3 is 0.893 bits per heavy atom. The lowest BCUT2D eigenvalue weighted by Crippen LogP contribution is -2.60. The highest BCUT2D eigenvalue weighted by Crippen LogP contribution is 2.49. The topological polar surface area (TPSA) is 71.1 Å². The summed E-state index contributed by atoms with van der Waals surface area (Å²) >= 11 is 0. The van der Waals surface area contributed by atoms with Gasteiger partial charge in [-0.3, -0.25) is 0 Å². The van der Waals surface area contributed by atoms with Gasteiger partial charge in [0.05, 0.1) is 14.2 Å². The molecule has 0 amide bonds. The van der Waals surface area contributed by atoms with E-state index in [1.165, 1.54) is 0 Å². The zero-order valence-corrected chi connectivity index (χ0v) is 13.0. The maximum Gasteiger partial charge on any atom is 0.453 e. The van der Waals surface area contributed by atoms with Crippen LogP contribution in [0.5, 0.6) is 0 Å². The molecular formula is C10H6F12O6. The number of carbonyl (C=O) groups excluding carboxylic acids is 2. The first-order chi connectivity index (χ1) is 12.1. The molecule has 18 heteroatoms. The Morgan fingerprint density at radius 2 is 0.714 bits per heavy atom. The number of alkyl halides is 12. The molecule has 0 fully saturated rings. The fourth-order valence-electron chi connectivity index (χ4n) is 1.06. The second kappa shape index (κ2) is 7.45. The summed E-state index contributed by atoms with van der Waals surface area (Å²) in [7, 11) is 0.0786. The van der Waals surface area contributed by atoms with Crippen LogP contribution in [0.4, 0.5) is 52.7 Å². The van der Waals surface area contributed by atoms with Gasteiger partial charge in [0.2, 0.25) is 0 Å². The molecule has 0 atom stereocenters. The maximum atomic E-state index is 13.0. The largest absolute Gasteiger partial charge is 0.464 e. The molecule has 0 spiro atoms. The van der Waals surface area contributed by atoms with E-state index in [1.54, 1.807) is 9.47 Å². The van der Waals surface area contributed by atoms with Crippen molar-refractivity contribution in [3.8, 4) is 0 Å². The van der Waals surface area contributed by atoms with Gasteiger partial charge in [0, 0.05) is 0 Å². The molecule has 0 aliphatic carbocycles. The third kappa shape index (κ3) is 4.53. The molecule has 0 unspecified atom stereocenters. The van der Waals surface area contributed by atoms with Crippen LogP contribution in [0.25, 0.3) is 0 Å². The second-order valence-electron chi connectivity index (χ2n) is 4.40. The van der Waals surface area contributed by atoms with E-state index in [-0.39, 0.29) is 14.2 Å². The molecule has 0 saturated carbocycles. The Kier molecular flexibility index (Phi) is 6.92.